The molecule has 0 saturated heterocycles. The van der Waals surface area contributed by atoms with Gasteiger partial charge in [-0.15, -0.1) is 0 Å². The van der Waals surface area contributed by atoms with Crippen LogP contribution in [0.4, 0.5) is 0 Å². The molecule has 0 heterocycles. The number of phenols is 1. The number of hydrogen-bond donors (Lipinski definition) is 2. The molecule has 180 valence electrons. The Morgan fingerprint density at radius 2 is 1.28 bits per heavy atom. The Hall–Kier alpha value is -3.10. The van der Waals surface area contributed by atoms with E-state index in [9.17, 15) is 5.11 Å². The topological polar surface area (TPSA) is 46.2 Å². The predicted molar refractivity (Wildman–Crippen MR) is 160 cm³/mol. The number of allylic oxidation sites excluding steroid dienone is 4. The van der Waals surface area contributed by atoms with E-state index >= 15 is 0 Å². The van der Waals surface area contributed by atoms with Crippen molar-refractivity contribution in [3.8, 4) is 5.75 Å². The van der Waals surface area contributed by atoms with Crippen LogP contribution >= 0.6 is 33.1 Å². The fourth-order valence-electron chi connectivity index (χ4n) is 5.12. The Balaban J connectivity index is 1.92. The van der Waals surface area contributed by atoms with Crippen molar-refractivity contribution in [3.05, 3.63) is 149 Å². The van der Waals surface area contributed by atoms with E-state index in [0.717, 1.165) is 26.0 Å². The number of phenolic OH excluding ortho intramolecular Hbond substituents is 1. The third kappa shape index (κ3) is 3.92. The molecule has 0 spiro atoms. The van der Waals surface area contributed by atoms with Gasteiger partial charge in [0.2, 0.25) is 0 Å². The summed E-state index contributed by atoms with van der Waals surface area (Å²) in [5.41, 5.74) is 8.59. The first kappa shape index (κ1) is 24.6. The molecule has 0 bridgehead atoms. The summed E-state index contributed by atoms with van der Waals surface area (Å²) >= 11 is 12.0. The van der Waals surface area contributed by atoms with Gasteiger partial charge in [-0.25, -0.2) is 0 Å². The zero-order valence-corrected chi connectivity index (χ0v) is 22.7. The van der Waals surface area contributed by atoms with Gasteiger partial charge in [-0.3, -0.25) is 0 Å². The third-order valence-electron chi connectivity index (χ3n) is 6.83. The molecule has 1 aliphatic rings. The molecular formula is C31H26BrClNOP. The van der Waals surface area contributed by atoms with Crippen LogP contribution in [-0.4, -0.2) is 10.8 Å². The maximum absolute atomic E-state index is 10.7. The van der Waals surface area contributed by atoms with Crippen molar-refractivity contribution in [2.75, 3.05) is 0 Å². The molecule has 0 fully saturated rings. The summed E-state index contributed by atoms with van der Waals surface area (Å²) in [4.78, 5) is 0. The second kappa shape index (κ2) is 9.75. The summed E-state index contributed by atoms with van der Waals surface area (Å²) in [5, 5.41) is 13.8. The molecule has 1 aliphatic carbocycles. The summed E-state index contributed by atoms with van der Waals surface area (Å²) < 4.78 is 0.871. The number of rotatable bonds is 5. The Morgan fingerprint density at radius 1 is 0.778 bits per heavy atom. The monoisotopic (exact) mass is 573 g/mol. The average molecular weight is 575 g/mol. The molecule has 4 aromatic carbocycles. The van der Waals surface area contributed by atoms with Crippen molar-refractivity contribution >= 4 is 55.1 Å². The molecule has 1 unspecified atom stereocenters. The van der Waals surface area contributed by atoms with E-state index in [4.69, 9.17) is 17.0 Å². The van der Waals surface area contributed by atoms with E-state index in [0.29, 0.717) is 11.3 Å². The number of aromatic hydroxyl groups is 1. The van der Waals surface area contributed by atoms with E-state index in [-0.39, 0.29) is 11.4 Å². The molecule has 0 amide bonds. The van der Waals surface area contributed by atoms with Gasteiger partial charge in [-0.05, 0) is 0 Å². The fourth-order valence-corrected chi connectivity index (χ4v) is 12.3. The van der Waals surface area contributed by atoms with Crippen LogP contribution in [-0.2, 0) is 0 Å². The molecule has 0 saturated carbocycles. The zero-order chi connectivity index (χ0) is 25.2. The summed E-state index contributed by atoms with van der Waals surface area (Å²) in [6.45, 7) is 0. The van der Waals surface area contributed by atoms with Gasteiger partial charge in [-0.1, -0.05) is 0 Å². The number of halogens is 2. The van der Waals surface area contributed by atoms with Crippen molar-refractivity contribution in [3.63, 3.8) is 0 Å². The van der Waals surface area contributed by atoms with Gasteiger partial charge < -0.3 is 0 Å². The third-order valence-corrected chi connectivity index (χ3v) is 15.1. The molecule has 0 aliphatic heterocycles. The van der Waals surface area contributed by atoms with Gasteiger partial charge in [0, 0.05) is 0 Å². The van der Waals surface area contributed by atoms with Crippen molar-refractivity contribution in [2.45, 2.75) is 5.66 Å². The first-order valence-corrected chi connectivity index (χ1v) is 15.7. The second-order valence-electron chi connectivity index (χ2n) is 8.84. The molecule has 1 atom stereocenters. The summed E-state index contributed by atoms with van der Waals surface area (Å²) in [6.07, 6.45) is 8.03. The van der Waals surface area contributed by atoms with Crippen LogP contribution < -0.4 is 21.6 Å². The molecule has 4 aromatic rings. The van der Waals surface area contributed by atoms with Crippen LogP contribution in [0.25, 0.3) is 6.08 Å². The zero-order valence-electron chi connectivity index (χ0n) is 19.5. The van der Waals surface area contributed by atoms with E-state index in [1.54, 1.807) is 6.07 Å². The predicted octanol–water partition coefficient (Wildman–Crippen LogP) is 7.00. The molecular weight excluding hydrogens is 549 g/mol. The summed E-state index contributed by atoms with van der Waals surface area (Å²) in [6, 6.07) is 36.4. The average Bonchev–Trinajstić information content (AvgIpc) is 2.93. The second-order valence-corrected chi connectivity index (χ2v) is 16.1. The molecule has 3 N–H and O–H groups in total. The maximum atomic E-state index is 10.7. The quantitative estimate of drug-likeness (QED) is 0.252. The number of benzene rings is 4. The van der Waals surface area contributed by atoms with Gasteiger partial charge in [0.15, 0.2) is 0 Å². The fraction of sp³-hybridized carbons (Fsp3) is 0.0323. The Morgan fingerprint density at radius 3 is 1.78 bits per heavy atom. The minimum atomic E-state index is -3.74. The molecule has 5 rings (SSSR count). The summed E-state index contributed by atoms with van der Waals surface area (Å²) in [7, 11) is 0. The van der Waals surface area contributed by atoms with Crippen molar-refractivity contribution in [2.24, 2.45) is 5.73 Å². The van der Waals surface area contributed by atoms with Gasteiger partial charge in [-0.2, -0.15) is 0 Å². The van der Waals surface area contributed by atoms with E-state index < -0.39 is 5.96 Å². The van der Waals surface area contributed by atoms with Gasteiger partial charge in [0.1, 0.15) is 0 Å². The SMILES string of the molecule is NC1=CC=CC(P(Cl)(c2ccccc2)(c2ccccc2)c2ccccc2)/C1=C/c1cc(Br)ccc1O. The first-order valence-electron chi connectivity index (χ1n) is 11.7. The Bertz CT molecular complexity index is 1380. The van der Waals surface area contributed by atoms with E-state index in [1.165, 1.54) is 0 Å². The van der Waals surface area contributed by atoms with Gasteiger partial charge in [0.25, 0.3) is 0 Å². The summed E-state index contributed by atoms with van der Waals surface area (Å²) in [5.74, 6) is -3.56. The normalized spacial score (nSPS) is 17.8. The van der Waals surface area contributed by atoms with Crippen molar-refractivity contribution in [1.82, 2.24) is 0 Å². The van der Waals surface area contributed by atoms with Crippen LogP contribution in [0.2, 0.25) is 0 Å². The number of hydrogen-bond acceptors (Lipinski definition) is 2. The number of nitrogens with two attached hydrogens (primary N) is 1. The van der Waals surface area contributed by atoms with Crippen molar-refractivity contribution in [1.29, 1.82) is 0 Å². The van der Waals surface area contributed by atoms with Crippen LogP contribution in [0.5, 0.6) is 5.75 Å². The van der Waals surface area contributed by atoms with Gasteiger partial charge in [0.05, 0.1) is 0 Å². The molecule has 2 nitrogen and oxygen atoms in total. The standard InChI is InChI=1S/C31H26BrClNOP/c32-24-19-20-30(35)23(21-24)22-28-29(34)17-10-18-31(28)36(33,25-11-4-1-5-12-25,26-13-6-2-7-14-26)27-15-8-3-9-16-27/h1-22,31,35H,34H2/b28-22+. The van der Waals surface area contributed by atoms with E-state index in [2.05, 4.69) is 58.4 Å². The van der Waals surface area contributed by atoms with Gasteiger partial charge >= 0.3 is 226 Å². The van der Waals surface area contributed by atoms with Crippen LogP contribution in [0.3, 0.4) is 0 Å². The minimum absolute atomic E-state index is 0.181. The van der Waals surface area contributed by atoms with Crippen LogP contribution in [0, 0.1) is 0 Å². The molecule has 0 radical (unpaired) electrons. The first-order chi connectivity index (χ1) is 17.4. The van der Waals surface area contributed by atoms with Crippen molar-refractivity contribution < 1.29 is 5.11 Å². The molecule has 0 aromatic heterocycles. The van der Waals surface area contributed by atoms with Crippen LogP contribution in [0.1, 0.15) is 5.56 Å². The molecule has 5 heteroatoms. The van der Waals surface area contributed by atoms with Crippen LogP contribution in [0.15, 0.2) is 143 Å². The van der Waals surface area contributed by atoms with E-state index in [1.807, 2.05) is 85.0 Å². The molecule has 36 heavy (non-hydrogen) atoms. The Labute approximate surface area is 225 Å². The Kier molecular flexibility index (Phi) is 6.66.